The Morgan fingerprint density at radius 2 is 1.94 bits per heavy atom. The summed E-state index contributed by atoms with van der Waals surface area (Å²) in [5, 5.41) is 1.96. The standard InChI is InChI=1S/C30H32N2O4/c1-7-34-29(33)28(36-30(4,5)6)24-17(2)16-22-20(9-8-18(3)32-22)26(24)21-10-11-23-25-19(13-15-35-23)12-14-31-27(21)25/h8-12,14,16,28H,7,13,15H2,1-6H3/t28-/m1/s1. The monoisotopic (exact) mass is 484 g/mol. The summed E-state index contributed by atoms with van der Waals surface area (Å²) in [6.45, 7) is 12.5. The summed E-state index contributed by atoms with van der Waals surface area (Å²) in [7, 11) is 0. The van der Waals surface area contributed by atoms with Gasteiger partial charge in [-0.1, -0.05) is 6.07 Å². The molecule has 0 aliphatic carbocycles. The third-order valence-electron chi connectivity index (χ3n) is 6.45. The van der Waals surface area contributed by atoms with Crippen LogP contribution in [0.2, 0.25) is 0 Å². The van der Waals surface area contributed by atoms with Crippen molar-refractivity contribution in [2.24, 2.45) is 0 Å². The van der Waals surface area contributed by atoms with E-state index in [1.807, 2.05) is 72.0 Å². The Balaban J connectivity index is 1.89. The van der Waals surface area contributed by atoms with Crippen molar-refractivity contribution in [3.05, 3.63) is 65.0 Å². The van der Waals surface area contributed by atoms with Gasteiger partial charge in [0.2, 0.25) is 0 Å². The number of ether oxygens (including phenoxy) is 3. The number of rotatable bonds is 5. The molecule has 3 heterocycles. The fourth-order valence-corrected chi connectivity index (χ4v) is 5.05. The van der Waals surface area contributed by atoms with Crippen molar-refractivity contribution in [3.8, 4) is 16.9 Å². The van der Waals surface area contributed by atoms with Gasteiger partial charge in [0.1, 0.15) is 5.75 Å². The molecule has 0 saturated carbocycles. The summed E-state index contributed by atoms with van der Waals surface area (Å²) in [4.78, 5) is 23.0. The number of carbonyl (C=O) groups excluding carboxylic acids is 1. The molecule has 4 aromatic rings. The predicted molar refractivity (Wildman–Crippen MR) is 141 cm³/mol. The molecule has 0 fully saturated rings. The smallest absolute Gasteiger partial charge is 0.339 e. The van der Waals surface area contributed by atoms with Crippen molar-refractivity contribution < 1.29 is 19.0 Å². The van der Waals surface area contributed by atoms with E-state index in [-0.39, 0.29) is 6.61 Å². The zero-order valence-corrected chi connectivity index (χ0v) is 21.8. The Hall–Kier alpha value is -3.51. The lowest BCUT2D eigenvalue weighted by Gasteiger charge is -2.30. The van der Waals surface area contributed by atoms with Crippen LogP contribution in [0.25, 0.3) is 32.9 Å². The summed E-state index contributed by atoms with van der Waals surface area (Å²) in [5.41, 5.74) is 6.77. The van der Waals surface area contributed by atoms with Gasteiger partial charge in [0, 0.05) is 40.2 Å². The Morgan fingerprint density at radius 3 is 2.69 bits per heavy atom. The lowest BCUT2D eigenvalue weighted by Crippen LogP contribution is -2.29. The van der Waals surface area contributed by atoms with Gasteiger partial charge < -0.3 is 14.2 Å². The number of pyridine rings is 2. The van der Waals surface area contributed by atoms with Crippen molar-refractivity contribution in [2.75, 3.05) is 13.2 Å². The highest BCUT2D eigenvalue weighted by Crippen LogP contribution is 2.45. The van der Waals surface area contributed by atoms with E-state index in [1.54, 1.807) is 0 Å². The zero-order valence-electron chi connectivity index (χ0n) is 21.8. The molecule has 0 saturated heterocycles. The van der Waals surface area contributed by atoms with E-state index in [0.717, 1.165) is 61.9 Å². The summed E-state index contributed by atoms with van der Waals surface area (Å²) in [6.07, 6.45) is 1.77. The van der Waals surface area contributed by atoms with E-state index in [0.29, 0.717) is 6.61 Å². The van der Waals surface area contributed by atoms with Crippen LogP contribution in [0.4, 0.5) is 0 Å². The highest BCUT2D eigenvalue weighted by molar-refractivity contribution is 6.08. The normalized spacial score (nSPS) is 14.1. The molecule has 0 spiro atoms. The molecule has 36 heavy (non-hydrogen) atoms. The number of hydrogen-bond acceptors (Lipinski definition) is 6. The fraction of sp³-hybridized carbons (Fsp3) is 0.367. The van der Waals surface area contributed by atoms with Crippen molar-refractivity contribution in [3.63, 3.8) is 0 Å². The van der Waals surface area contributed by atoms with E-state index in [9.17, 15) is 4.79 Å². The molecule has 1 atom stereocenters. The quantitative estimate of drug-likeness (QED) is 0.304. The molecule has 0 N–H and O–H groups in total. The Labute approximate surface area is 211 Å². The third-order valence-corrected chi connectivity index (χ3v) is 6.45. The molecule has 186 valence electrons. The summed E-state index contributed by atoms with van der Waals surface area (Å²) >= 11 is 0. The molecule has 0 bridgehead atoms. The Kier molecular flexibility index (Phi) is 6.17. The second-order valence-electron chi connectivity index (χ2n) is 10.3. The van der Waals surface area contributed by atoms with Gasteiger partial charge in [-0.15, -0.1) is 0 Å². The van der Waals surface area contributed by atoms with Gasteiger partial charge in [-0.3, -0.25) is 9.97 Å². The van der Waals surface area contributed by atoms with Crippen LogP contribution in [0.1, 0.15) is 56.2 Å². The number of esters is 1. The van der Waals surface area contributed by atoms with Crippen LogP contribution in [0.15, 0.2) is 42.6 Å². The summed E-state index contributed by atoms with van der Waals surface area (Å²) in [5.74, 6) is 0.429. The highest BCUT2D eigenvalue weighted by atomic mass is 16.6. The van der Waals surface area contributed by atoms with Crippen molar-refractivity contribution in [1.82, 2.24) is 9.97 Å². The molecule has 0 amide bonds. The molecule has 0 unspecified atom stereocenters. The second-order valence-corrected chi connectivity index (χ2v) is 10.3. The number of benzene rings is 2. The number of carbonyl (C=O) groups is 1. The minimum atomic E-state index is -0.910. The van der Waals surface area contributed by atoms with E-state index in [1.165, 1.54) is 5.56 Å². The van der Waals surface area contributed by atoms with Gasteiger partial charge in [-0.2, -0.15) is 0 Å². The molecule has 2 aromatic carbocycles. The average molecular weight is 485 g/mol. The van der Waals surface area contributed by atoms with E-state index in [2.05, 4.69) is 12.1 Å². The number of hydrogen-bond donors (Lipinski definition) is 0. The maximum Gasteiger partial charge on any atom is 0.339 e. The first-order chi connectivity index (χ1) is 17.2. The summed E-state index contributed by atoms with van der Waals surface area (Å²) in [6, 6.07) is 12.2. The minimum Gasteiger partial charge on any atom is -0.493 e. The lowest BCUT2D eigenvalue weighted by atomic mass is 9.86. The number of nitrogens with zero attached hydrogens (tertiary/aromatic N) is 2. The second kappa shape index (κ2) is 9.17. The van der Waals surface area contributed by atoms with Gasteiger partial charge in [0.05, 0.1) is 29.8 Å². The molecule has 6 heteroatoms. The van der Waals surface area contributed by atoms with Gasteiger partial charge in [-0.05, 0) is 88.6 Å². The zero-order chi connectivity index (χ0) is 25.6. The van der Waals surface area contributed by atoms with Crippen LogP contribution in [0, 0.1) is 13.8 Å². The van der Waals surface area contributed by atoms with Gasteiger partial charge in [-0.25, -0.2) is 4.79 Å². The highest BCUT2D eigenvalue weighted by Gasteiger charge is 2.34. The van der Waals surface area contributed by atoms with Gasteiger partial charge in [0.25, 0.3) is 0 Å². The molecule has 2 aromatic heterocycles. The molecule has 1 aliphatic heterocycles. The fourth-order valence-electron chi connectivity index (χ4n) is 5.05. The topological polar surface area (TPSA) is 70.5 Å². The molecule has 6 nitrogen and oxygen atoms in total. The molecule has 1 aliphatic rings. The molecule has 5 rings (SSSR count). The molecular formula is C30H32N2O4. The van der Waals surface area contributed by atoms with Crippen LogP contribution in [-0.2, 0) is 20.7 Å². The van der Waals surface area contributed by atoms with E-state index < -0.39 is 17.7 Å². The maximum absolute atomic E-state index is 13.4. The molecule has 0 radical (unpaired) electrons. The van der Waals surface area contributed by atoms with Crippen LogP contribution in [0.3, 0.4) is 0 Å². The predicted octanol–water partition coefficient (Wildman–Crippen LogP) is 6.42. The van der Waals surface area contributed by atoms with Crippen molar-refractivity contribution >= 4 is 27.8 Å². The number of aryl methyl sites for hydroxylation is 2. The minimum absolute atomic E-state index is 0.269. The Bertz CT molecular complexity index is 1480. The lowest BCUT2D eigenvalue weighted by molar-refractivity contribution is -0.166. The largest absolute Gasteiger partial charge is 0.493 e. The first-order valence-electron chi connectivity index (χ1n) is 12.5. The first-order valence-corrected chi connectivity index (χ1v) is 12.5. The average Bonchev–Trinajstić information content (AvgIpc) is 2.82. The van der Waals surface area contributed by atoms with Crippen molar-refractivity contribution in [2.45, 2.75) is 59.7 Å². The van der Waals surface area contributed by atoms with Crippen LogP contribution >= 0.6 is 0 Å². The molecular weight excluding hydrogens is 452 g/mol. The number of aromatic nitrogens is 2. The van der Waals surface area contributed by atoms with Crippen LogP contribution in [0.5, 0.6) is 5.75 Å². The maximum atomic E-state index is 13.4. The van der Waals surface area contributed by atoms with E-state index >= 15 is 0 Å². The van der Waals surface area contributed by atoms with Gasteiger partial charge in [0.15, 0.2) is 6.10 Å². The Morgan fingerprint density at radius 1 is 1.14 bits per heavy atom. The van der Waals surface area contributed by atoms with Crippen LogP contribution in [-0.4, -0.2) is 34.8 Å². The number of fused-ring (bicyclic) bond motifs is 1. The summed E-state index contributed by atoms with van der Waals surface area (Å²) < 4.78 is 17.9. The van der Waals surface area contributed by atoms with Gasteiger partial charge >= 0.3 is 5.97 Å². The van der Waals surface area contributed by atoms with E-state index in [4.69, 9.17) is 24.2 Å². The SMILES string of the molecule is CCOC(=O)[C@H](OC(C)(C)C)c1c(C)cc2nc(C)ccc2c1-c1ccc2c3c(ccnc13)CCO2. The first kappa shape index (κ1) is 24.2. The third kappa shape index (κ3) is 4.30. The van der Waals surface area contributed by atoms with Crippen molar-refractivity contribution in [1.29, 1.82) is 0 Å². The van der Waals surface area contributed by atoms with Crippen LogP contribution < -0.4 is 4.74 Å².